The molecule has 86 valence electrons. The van der Waals surface area contributed by atoms with Crippen molar-refractivity contribution in [1.29, 1.82) is 5.26 Å². The lowest BCUT2D eigenvalue weighted by Gasteiger charge is -1.94. The molecule has 3 aromatic heterocycles. The summed E-state index contributed by atoms with van der Waals surface area (Å²) in [5.41, 5.74) is 3.71. The Balaban J connectivity index is 2.10. The molecular formula is C13H9N5. The standard InChI is InChI=1S/C13H9N5/c1-8-2-4-11-13(16-8)18-12(17-11)10-5-3-9(6-14)7-15-10/h2-5,7H,1H3,(H,16,17,18). The zero-order valence-electron chi connectivity index (χ0n) is 9.68. The molecule has 0 aromatic carbocycles. The van der Waals surface area contributed by atoms with Crippen LogP contribution in [0.15, 0.2) is 30.5 Å². The van der Waals surface area contributed by atoms with Crippen molar-refractivity contribution >= 4 is 11.2 Å². The number of fused-ring (bicyclic) bond motifs is 1. The molecule has 0 aliphatic carbocycles. The molecule has 0 aliphatic heterocycles. The van der Waals surface area contributed by atoms with Gasteiger partial charge in [-0.2, -0.15) is 5.26 Å². The molecule has 1 N–H and O–H groups in total. The third kappa shape index (κ3) is 1.70. The average molecular weight is 235 g/mol. The van der Waals surface area contributed by atoms with Crippen molar-refractivity contribution in [2.45, 2.75) is 6.92 Å². The van der Waals surface area contributed by atoms with Gasteiger partial charge in [0, 0.05) is 11.9 Å². The SMILES string of the molecule is Cc1ccc2[nH]c(-c3ccc(C#N)cn3)nc2n1. The van der Waals surface area contributed by atoms with Crippen LogP contribution in [0.4, 0.5) is 0 Å². The number of nitrogens with zero attached hydrogens (tertiary/aromatic N) is 4. The summed E-state index contributed by atoms with van der Waals surface area (Å²) in [6, 6.07) is 9.39. The van der Waals surface area contributed by atoms with E-state index < -0.39 is 0 Å². The van der Waals surface area contributed by atoms with Crippen LogP contribution in [0.5, 0.6) is 0 Å². The van der Waals surface area contributed by atoms with E-state index in [1.54, 1.807) is 12.1 Å². The molecule has 0 bridgehead atoms. The fourth-order valence-electron chi connectivity index (χ4n) is 1.71. The molecule has 0 saturated heterocycles. The van der Waals surface area contributed by atoms with Gasteiger partial charge in [-0.25, -0.2) is 9.97 Å². The summed E-state index contributed by atoms with van der Waals surface area (Å²) in [6.07, 6.45) is 1.53. The highest BCUT2D eigenvalue weighted by Crippen LogP contribution is 2.17. The second kappa shape index (κ2) is 3.93. The summed E-state index contributed by atoms with van der Waals surface area (Å²) in [4.78, 5) is 16.1. The normalized spacial score (nSPS) is 10.4. The highest BCUT2D eigenvalue weighted by molar-refractivity contribution is 5.75. The lowest BCUT2D eigenvalue weighted by Crippen LogP contribution is -1.86. The van der Waals surface area contributed by atoms with E-state index in [-0.39, 0.29) is 0 Å². The molecule has 5 nitrogen and oxygen atoms in total. The number of aromatic nitrogens is 4. The Hall–Kier alpha value is -2.74. The van der Waals surface area contributed by atoms with Crippen molar-refractivity contribution in [3.05, 3.63) is 41.7 Å². The molecular weight excluding hydrogens is 226 g/mol. The fraction of sp³-hybridized carbons (Fsp3) is 0.0769. The molecule has 0 aliphatic rings. The van der Waals surface area contributed by atoms with E-state index in [0.29, 0.717) is 22.7 Å². The third-order valence-electron chi connectivity index (χ3n) is 2.62. The van der Waals surface area contributed by atoms with Gasteiger partial charge in [-0.15, -0.1) is 0 Å². The second-order valence-electron chi connectivity index (χ2n) is 3.95. The molecule has 0 radical (unpaired) electrons. The van der Waals surface area contributed by atoms with Crippen LogP contribution in [0.25, 0.3) is 22.7 Å². The highest BCUT2D eigenvalue weighted by atomic mass is 15.0. The number of pyridine rings is 2. The van der Waals surface area contributed by atoms with Crippen molar-refractivity contribution in [3.63, 3.8) is 0 Å². The van der Waals surface area contributed by atoms with Crippen LogP contribution in [0.3, 0.4) is 0 Å². The Kier molecular flexibility index (Phi) is 2.27. The molecule has 3 rings (SSSR count). The first-order valence-electron chi connectivity index (χ1n) is 5.46. The zero-order valence-corrected chi connectivity index (χ0v) is 9.68. The Labute approximate surface area is 103 Å². The van der Waals surface area contributed by atoms with Gasteiger partial charge in [0.15, 0.2) is 11.5 Å². The Morgan fingerprint density at radius 1 is 1.17 bits per heavy atom. The van der Waals surface area contributed by atoms with Crippen molar-refractivity contribution < 1.29 is 0 Å². The van der Waals surface area contributed by atoms with Gasteiger partial charge in [0.2, 0.25) is 0 Å². The van der Waals surface area contributed by atoms with Crippen molar-refractivity contribution in [1.82, 2.24) is 19.9 Å². The summed E-state index contributed by atoms with van der Waals surface area (Å²) in [6.45, 7) is 1.92. The van der Waals surface area contributed by atoms with Crippen LogP contribution < -0.4 is 0 Å². The molecule has 5 heteroatoms. The predicted octanol–water partition coefficient (Wildman–Crippen LogP) is 2.20. The van der Waals surface area contributed by atoms with E-state index in [2.05, 4.69) is 19.9 Å². The van der Waals surface area contributed by atoms with Crippen molar-refractivity contribution in [3.8, 4) is 17.6 Å². The number of nitriles is 1. The van der Waals surface area contributed by atoms with Crippen LogP contribution in [-0.4, -0.2) is 19.9 Å². The van der Waals surface area contributed by atoms with Gasteiger partial charge in [0.25, 0.3) is 0 Å². The molecule has 18 heavy (non-hydrogen) atoms. The fourth-order valence-corrected chi connectivity index (χ4v) is 1.71. The number of rotatable bonds is 1. The molecule has 0 unspecified atom stereocenters. The molecule has 0 spiro atoms. The van der Waals surface area contributed by atoms with Crippen LogP contribution >= 0.6 is 0 Å². The quantitative estimate of drug-likeness (QED) is 0.701. The summed E-state index contributed by atoms with van der Waals surface area (Å²) >= 11 is 0. The van der Waals surface area contributed by atoms with E-state index in [4.69, 9.17) is 5.26 Å². The molecule has 0 atom stereocenters. The summed E-state index contributed by atoms with van der Waals surface area (Å²) in [5.74, 6) is 0.660. The van der Waals surface area contributed by atoms with Gasteiger partial charge < -0.3 is 4.98 Å². The number of aromatic amines is 1. The molecule has 3 aromatic rings. The second-order valence-corrected chi connectivity index (χ2v) is 3.95. The van der Waals surface area contributed by atoms with E-state index in [9.17, 15) is 0 Å². The summed E-state index contributed by atoms with van der Waals surface area (Å²) in [5, 5.41) is 8.72. The van der Waals surface area contributed by atoms with Crippen LogP contribution in [0, 0.1) is 18.3 Å². The lowest BCUT2D eigenvalue weighted by atomic mass is 10.2. The van der Waals surface area contributed by atoms with E-state index >= 15 is 0 Å². The summed E-state index contributed by atoms with van der Waals surface area (Å²) in [7, 11) is 0. The minimum absolute atomic E-state index is 0.531. The Morgan fingerprint density at radius 3 is 2.78 bits per heavy atom. The largest absolute Gasteiger partial charge is 0.335 e. The first-order valence-corrected chi connectivity index (χ1v) is 5.46. The van der Waals surface area contributed by atoms with Gasteiger partial charge in [0.1, 0.15) is 11.8 Å². The van der Waals surface area contributed by atoms with Gasteiger partial charge in [-0.3, -0.25) is 4.98 Å². The number of imidazole rings is 1. The van der Waals surface area contributed by atoms with Crippen LogP contribution in [0.1, 0.15) is 11.3 Å². The minimum Gasteiger partial charge on any atom is -0.335 e. The van der Waals surface area contributed by atoms with Crippen LogP contribution in [0.2, 0.25) is 0 Å². The molecule has 0 saturated carbocycles. The number of H-pyrrole nitrogens is 1. The molecule has 0 fully saturated rings. The zero-order chi connectivity index (χ0) is 12.5. The number of hydrogen-bond acceptors (Lipinski definition) is 4. The summed E-state index contributed by atoms with van der Waals surface area (Å²) < 4.78 is 0. The Morgan fingerprint density at radius 2 is 2.06 bits per heavy atom. The van der Waals surface area contributed by atoms with Gasteiger partial charge >= 0.3 is 0 Å². The van der Waals surface area contributed by atoms with Gasteiger partial charge in [-0.05, 0) is 31.2 Å². The van der Waals surface area contributed by atoms with Crippen LogP contribution in [-0.2, 0) is 0 Å². The maximum absolute atomic E-state index is 8.72. The minimum atomic E-state index is 0.531. The van der Waals surface area contributed by atoms with E-state index in [1.807, 2.05) is 25.1 Å². The number of nitrogens with one attached hydrogen (secondary N) is 1. The molecule has 0 amide bonds. The van der Waals surface area contributed by atoms with Gasteiger partial charge in [-0.1, -0.05) is 0 Å². The smallest absolute Gasteiger partial charge is 0.178 e. The van der Waals surface area contributed by atoms with E-state index in [0.717, 1.165) is 11.2 Å². The third-order valence-corrected chi connectivity index (χ3v) is 2.62. The topological polar surface area (TPSA) is 78.2 Å². The highest BCUT2D eigenvalue weighted by Gasteiger charge is 2.07. The number of aryl methyl sites for hydroxylation is 1. The first kappa shape index (κ1) is 10.4. The molecule has 3 heterocycles. The predicted molar refractivity (Wildman–Crippen MR) is 66.6 cm³/mol. The van der Waals surface area contributed by atoms with Gasteiger partial charge in [0.05, 0.1) is 11.1 Å². The maximum Gasteiger partial charge on any atom is 0.178 e. The lowest BCUT2D eigenvalue weighted by molar-refractivity contribution is 1.20. The maximum atomic E-state index is 8.72. The number of hydrogen-bond donors (Lipinski definition) is 1. The van der Waals surface area contributed by atoms with Crippen molar-refractivity contribution in [2.75, 3.05) is 0 Å². The average Bonchev–Trinajstić information content (AvgIpc) is 2.81. The Bertz CT molecular complexity index is 749. The monoisotopic (exact) mass is 235 g/mol. The van der Waals surface area contributed by atoms with Crippen molar-refractivity contribution in [2.24, 2.45) is 0 Å². The first-order chi connectivity index (χ1) is 8.76. The van der Waals surface area contributed by atoms with E-state index in [1.165, 1.54) is 6.20 Å².